The van der Waals surface area contributed by atoms with E-state index in [1.807, 2.05) is 0 Å². The van der Waals surface area contributed by atoms with Crippen LogP contribution in [0, 0.1) is 29.6 Å². The first-order valence-corrected chi connectivity index (χ1v) is 8.51. The smallest absolute Gasteiger partial charge is 0.0150 e. The molecule has 0 saturated carbocycles. The lowest BCUT2D eigenvalue weighted by Gasteiger charge is -2.35. The molecule has 0 spiro atoms. The van der Waals surface area contributed by atoms with Crippen molar-refractivity contribution < 1.29 is 0 Å². The molecule has 3 unspecified atom stereocenters. The van der Waals surface area contributed by atoms with Gasteiger partial charge in [0, 0.05) is 0 Å². The molecule has 114 valence electrons. The Morgan fingerprint density at radius 3 is 1.95 bits per heavy atom. The Balaban J connectivity index is 5.08. The van der Waals surface area contributed by atoms with Gasteiger partial charge in [-0.1, -0.05) is 79.4 Å². The van der Waals surface area contributed by atoms with Crippen LogP contribution in [-0.2, 0) is 0 Å². The lowest BCUT2D eigenvalue weighted by Crippen LogP contribution is -2.26. The maximum Gasteiger partial charge on any atom is -0.0150 e. The third-order valence-corrected chi connectivity index (χ3v) is 4.75. The highest BCUT2D eigenvalue weighted by Gasteiger charge is 2.28. The van der Waals surface area contributed by atoms with E-state index in [2.05, 4.69) is 61.5 Å². The van der Waals surface area contributed by atoms with Crippen molar-refractivity contribution in [2.75, 3.05) is 0 Å². The van der Waals surface area contributed by atoms with E-state index in [-0.39, 0.29) is 0 Å². The van der Waals surface area contributed by atoms with E-state index in [1.54, 1.807) is 5.57 Å². The van der Waals surface area contributed by atoms with Gasteiger partial charge in [-0.05, 0) is 42.9 Å². The van der Waals surface area contributed by atoms with Gasteiger partial charge in [0.05, 0.1) is 0 Å². The van der Waals surface area contributed by atoms with Crippen LogP contribution in [-0.4, -0.2) is 0 Å². The second-order valence-electron chi connectivity index (χ2n) is 7.16. The molecule has 0 fully saturated rings. The average Bonchev–Trinajstić information content (AvgIpc) is 2.35. The highest BCUT2D eigenvalue weighted by Crippen LogP contribution is 2.37. The minimum Gasteiger partial charge on any atom is -0.0851 e. The summed E-state index contributed by atoms with van der Waals surface area (Å²) >= 11 is 0. The Morgan fingerprint density at radius 1 is 1.00 bits per heavy atom. The average molecular weight is 267 g/mol. The van der Waals surface area contributed by atoms with Crippen molar-refractivity contribution in [3.8, 4) is 0 Å². The van der Waals surface area contributed by atoms with Crippen LogP contribution in [0.3, 0.4) is 0 Å². The highest BCUT2D eigenvalue weighted by atomic mass is 14.3. The van der Waals surface area contributed by atoms with Crippen LogP contribution in [0.25, 0.3) is 0 Å². The second-order valence-corrected chi connectivity index (χ2v) is 7.16. The lowest BCUT2D eigenvalue weighted by molar-refractivity contribution is 0.211. The molecule has 0 radical (unpaired) electrons. The Morgan fingerprint density at radius 2 is 1.58 bits per heavy atom. The first-order chi connectivity index (χ1) is 8.84. The fraction of sp³-hybridized carbons (Fsp3) is 0.895. The Hall–Kier alpha value is -0.260. The van der Waals surface area contributed by atoms with Crippen LogP contribution in [0.15, 0.2) is 11.6 Å². The molecule has 0 aromatic rings. The number of rotatable bonds is 9. The van der Waals surface area contributed by atoms with Gasteiger partial charge >= 0.3 is 0 Å². The van der Waals surface area contributed by atoms with E-state index >= 15 is 0 Å². The summed E-state index contributed by atoms with van der Waals surface area (Å²) in [6.45, 7) is 18.9. The van der Waals surface area contributed by atoms with E-state index in [0.29, 0.717) is 0 Å². The molecule has 0 aliphatic carbocycles. The summed E-state index contributed by atoms with van der Waals surface area (Å²) in [5, 5.41) is 0. The van der Waals surface area contributed by atoms with Gasteiger partial charge < -0.3 is 0 Å². The van der Waals surface area contributed by atoms with Crippen LogP contribution in [0.5, 0.6) is 0 Å². The molecule has 0 bridgehead atoms. The van der Waals surface area contributed by atoms with Gasteiger partial charge in [-0.25, -0.2) is 0 Å². The van der Waals surface area contributed by atoms with E-state index < -0.39 is 0 Å². The Labute approximate surface area is 123 Å². The number of hydrogen-bond acceptors (Lipinski definition) is 0. The van der Waals surface area contributed by atoms with Crippen LogP contribution in [0.2, 0.25) is 0 Å². The van der Waals surface area contributed by atoms with Crippen LogP contribution in [0.4, 0.5) is 0 Å². The standard InChI is InChI=1S/C19H38/c1-9-11-18(10-2)19(17(8)15(5)6)16(7)13-12-14(3)4/h13-15,17-19H,9-12H2,1-8H3/b16-13-. The van der Waals surface area contributed by atoms with Gasteiger partial charge in [-0.3, -0.25) is 0 Å². The van der Waals surface area contributed by atoms with Crippen LogP contribution in [0.1, 0.15) is 81.1 Å². The molecule has 0 rings (SSSR count). The first-order valence-electron chi connectivity index (χ1n) is 8.51. The van der Waals surface area contributed by atoms with Crippen molar-refractivity contribution in [2.24, 2.45) is 29.6 Å². The molecule has 0 N–H and O–H groups in total. The third kappa shape index (κ3) is 6.63. The first kappa shape index (κ1) is 18.7. The molecule has 0 aliphatic heterocycles. The molecule has 0 nitrogen and oxygen atoms in total. The summed E-state index contributed by atoms with van der Waals surface area (Å²) in [7, 11) is 0. The van der Waals surface area contributed by atoms with Gasteiger partial charge in [0.25, 0.3) is 0 Å². The zero-order valence-corrected chi connectivity index (χ0v) is 14.8. The predicted molar refractivity (Wildman–Crippen MR) is 89.4 cm³/mol. The van der Waals surface area contributed by atoms with Gasteiger partial charge in [-0.15, -0.1) is 0 Å². The SMILES string of the molecule is CCCC(CC)C(/C(C)=C\CC(C)C)C(C)C(C)C. The van der Waals surface area contributed by atoms with Crippen LogP contribution < -0.4 is 0 Å². The maximum atomic E-state index is 2.52. The molecular weight excluding hydrogens is 228 g/mol. The van der Waals surface area contributed by atoms with Crippen molar-refractivity contribution >= 4 is 0 Å². The molecule has 0 aromatic carbocycles. The molecule has 0 aromatic heterocycles. The van der Waals surface area contributed by atoms with Gasteiger partial charge in [0.1, 0.15) is 0 Å². The minimum atomic E-state index is 0.774. The summed E-state index contributed by atoms with van der Waals surface area (Å²) in [5.41, 5.74) is 1.65. The van der Waals surface area contributed by atoms with Crippen LogP contribution >= 0.6 is 0 Å². The zero-order valence-electron chi connectivity index (χ0n) is 14.8. The van der Waals surface area contributed by atoms with Gasteiger partial charge in [0.2, 0.25) is 0 Å². The minimum absolute atomic E-state index is 0.774. The third-order valence-electron chi connectivity index (χ3n) is 4.75. The van der Waals surface area contributed by atoms with Gasteiger partial charge in [0.15, 0.2) is 0 Å². The molecule has 0 saturated heterocycles. The van der Waals surface area contributed by atoms with Crippen molar-refractivity contribution in [1.29, 1.82) is 0 Å². The highest BCUT2D eigenvalue weighted by molar-refractivity contribution is 5.07. The normalized spacial score (nSPS) is 17.9. The molecule has 0 heteroatoms. The fourth-order valence-corrected chi connectivity index (χ4v) is 3.20. The van der Waals surface area contributed by atoms with Crippen molar-refractivity contribution in [1.82, 2.24) is 0 Å². The summed E-state index contributed by atoms with van der Waals surface area (Å²) in [6.07, 6.45) is 7.77. The van der Waals surface area contributed by atoms with Crippen molar-refractivity contribution in [3.05, 3.63) is 11.6 Å². The van der Waals surface area contributed by atoms with Crippen molar-refractivity contribution in [2.45, 2.75) is 81.1 Å². The summed E-state index contributed by atoms with van der Waals surface area (Å²) in [5.74, 6) is 3.99. The largest absolute Gasteiger partial charge is 0.0851 e. The molecule has 0 aliphatic rings. The van der Waals surface area contributed by atoms with Gasteiger partial charge in [-0.2, -0.15) is 0 Å². The van der Waals surface area contributed by atoms with E-state index in [0.717, 1.165) is 29.6 Å². The van der Waals surface area contributed by atoms with E-state index in [9.17, 15) is 0 Å². The summed E-state index contributed by atoms with van der Waals surface area (Å²) < 4.78 is 0. The molecule has 3 atom stereocenters. The molecule has 0 heterocycles. The molecule has 19 heavy (non-hydrogen) atoms. The topological polar surface area (TPSA) is 0 Å². The van der Waals surface area contributed by atoms with Crippen molar-refractivity contribution in [3.63, 3.8) is 0 Å². The zero-order chi connectivity index (χ0) is 15.0. The quantitative estimate of drug-likeness (QED) is 0.407. The second kappa shape index (κ2) is 9.61. The number of allylic oxidation sites excluding steroid dienone is 2. The Kier molecular flexibility index (Phi) is 9.48. The van der Waals surface area contributed by atoms with E-state index in [4.69, 9.17) is 0 Å². The number of hydrogen-bond donors (Lipinski definition) is 0. The predicted octanol–water partition coefficient (Wildman–Crippen LogP) is 6.71. The lowest BCUT2D eigenvalue weighted by atomic mass is 9.70. The molecular formula is C19H38. The summed E-state index contributed by atoms with van der Waals surface area (Å²) in [4.78, 5) is 0. The maximum absolute atomic E-state index is 2.52. The summed E-state index contributed by atoms with van der Waals surface area (Å²) in [6, 6.07) is 0. The van der Waals surface area contributed by atoms with E-state index in [1.165, 1.54) is 25.7 Å². The monoisotopic (exact) mass is 266 g/mol. The Bertz CT molecular complexity index is 247. The fourth-order valence-electron chi connectivity index (χ4n) is 3.20. The molecule has 0 amide bonds.